The summed E-state index contributed by atoms with van der Waals surface area (Å²) in [5, 5.41) is 12.8. The van der Waals surface area contributed by atoms with Crippen LogP contribution >= 0.6 is 23.1 Å². The SMILES string of the molecule is Cc1cc(C)c(-c2ccc(SCC(=O)Nc3nc4ccccc4s3)nn2)cc1C. The number of nitrogens with one attached hydrogen (secondary N) is 1. The third kappa shape index (κ3) is 4.46. The molecule has 5 nitrogen and oxygen atoms in total. The highest BCUT2D eigenvalue weighted by Crippen LogP contribution is 2.27. The molecule has 2 aromatic heterocycles. The number of carbonyl (C=O) groups is 1. The number of para-hydroxylation sites is 1. The van der Waals surface area contributed by atoms with E-state index >= 15 is 0 Å². The van der Waals surface area contributed by atoms with E-state index in [0.717, 1.165) is 26.5 Å². The second-order valence-electron chi connectivity index (χ2n) is 6.83. The van der Waals surface area contributed by atoms with E-state index in [9.17, 15) is 4.79 Å². The van der Waals surface area contributed by atoms with Crippen LogP contribution < -0.4 is 5.32 Å². The van der Waals surface area contributed by atoms with E-state index in [1.807, 2.05) is 36.4 Å². The highest BCUT2D eigenvalue weighted by molar-refractivity contribution is 7.99. The van der Waals surface area contributed by atoms with Crippen molar-refractivity contribution in [1.29, 1.82) is 0 Å². The van der Waals surface area contributed by atoms with Gasteiger partial charge in [-0.1, -0.05) is 41.3 Å². The molecule has 0 atom stereocenters. The summed E-state index contributed by atoms with van der Waals surface area (Å²) in [7, 11) is 0. The van der Waals surface area contributed by atoms with E-state index in [4.69, 9.17) is 0 Å². The normalized spacial score (nSPS) is 11.0. The summed E-state index contributed by atoms with van der Waals surface area (Å²) in [5.41, 5.74) is 6.50. The molecule has 2 heterocycles. The van der Waals surface area contributed by atoms with Gasteiger partial charge in [0.1, 0.15) is 5.03 Å². The lowest BCUT2D eigenvalue weighted by Gasteiger charge is -2.09. The number of carbonyl (C=O) groups excluding carboxylic acids is 1. The Labute approximate surface area is 177 Å². The Morgan fingerprint density at radius 3 is 2.55 bits per heavy atom. The van der Waals surface area contributed by atoms with E-state index < -0.39 is 0 Å². The number of thiazole rings is 1. The number of anilines is 1. The first kappa shape index (κ1) is 19.5. The Morgan fingerprint density at radius 2 is 1.79 bits per heavy atom. The fourth-order valence-corrected chi connectivity index (χ4v) is 4.49. The first-order chi connectivity index (χ1) is 14.0. The Hall–Kier alpha value is -2.77. The number of nitrogens with zero attached hydrogens (tertiary/aromatic N) is 3. The van der Waals surface area contributed by atoms with Gasteiger partial charge in [0.2, 0.25) is 5.91 Å². The molecule has 4 rings (SSSR count). The summed E-state index contributed by atoms with van der Waals surface area (Å²) in [6.45, 7) is 6.29. The van der Waals surface area contributed by atoms with E-state index in [-0.39, 0.29) is 11.7 Å². The summed E-state index contributed by atoms with van der Waals surface area (Å²) in [4.78, 5) is 16.7. The molecule has 1 amide bonds. The zero-order chi connectivity index (χ0) is 20.4. The molecule has 0 fully saturated rings. The lowest BCUT2D eigenvalue weighted by atomic mass is 9.99. The van der Waals surface area contributed by atoms with Gasteiger partial charge < -0.3 is 5.32 Å². The van der Waals surface area contributed by atoms with Crippen LogP contribution in [0, 0.1) is 20.8 Å². The predicted octanol–water partition coefficient (Wildman–Crippen LogP) is 5.41. The van der Waals surface area contributed by atoms with Crippen molar-refractivity contribution in [2.24, 2.45) is 0 Å². The fraction of sp³-hybridized carbons (Fsp3) is 0.182. The summed E-state index contributed by atoms with van der Waals surface area (Å²) < 4.78 is 1.05. The molecule has 7 heteroatoms. The molecule has 0 aliphatic carbocycles. The van der Waals surface area contributed by atoms with E-state index in [1.54, 1.807) is 0 Å². The summed E-state index contributed by atoms with van der Waals surface area (Å²) in [6.07, 6.45) is 0. The van der Waals surface area contributed by atoms with Gasteiger partial charge in [-0.3, -0.25) is 4.79 Å². The van der Waals surface area contributed by atoms with Crippen molar-refractivity contribution in [2.75, 3.05) is 11.1 Å². The summed E-state index contributed by atoms with van der Waals surface area (Å²) >= 11 is 2.83. The predicted molar refractivity (Wildman–Crippen MR) is 121 cm³/mol. The fourth-order valence-electron chi connectivity index (χ4n) is 3.00. The van der Waals surface area contributed by atoms with Crippen molar-refractivity contribution in [3.05, 3.63) is 65.2 Å². The molecule has 1 N–H and O–H groups in total. The Bertz CT molecular complexity index is 1150. The van der Waals surface area contributed by atoms with Crippen LogP contribution in [0.3, 0.4) is 0 Å². The number of aromatic nitrogens is 3. The third-order valence-electron chi connectivity index (χ3n) is 4.65. The maximum atomic E-state index is 12.3. The van der Waals surface area contributed by atoms with Crippen molar-refractivity contribution >= 4 is 44.4 Å². The quantitative estimate of drug-likeness (QED) is 0.437. The van der Waals surface area contributed by atoms with Crippen molar-refractivity contribution < 1.29 is 4.79 Å². The smallest absolute Gasteiger partial charge is 0.236 e. The molecule has 0 saturated carbocycles. The molecule has 29 heavy (non-hydrogen) atoms. The molecule has 0 saturated heterocycles. The minimum absolute atomic E-state index is 0.107. The standard InChI is InChI=1S/C22H20N4OS2/c1-13-10-15(3)16(11-14(13)2)17-8-9-21(26-25-17)28-12-20(27)24-22-23-18-6-4-5-7-19(18)29-22/h4-11H,12H2,1-3H3,(H,23,24,27). The largest absolute Gasteiger partial charge is 0.301 e. The topological polar surface area (TPSA) is 67.8 Å². The second-order valence-corrected chi connectivity index (χ2v) is 8.86. The summed E-state index contributed by atoms with van der Waals surface area (Å²) in [6, 6.07) is 16.0. The lowest BCUT2D eigenvalue weighted by molar-refractivity contribution is -0.113. The molecule has 0 bridgehead atoms. The average Bonchev–Trinajstić information content (AvgIpc) is 3.12. The Morgan fingerprint density at radius 1 is 1.00 bits per heavy atom. The van der Waals surface area contributed by atoms with Crippen LogP contribution in [0.1, 0.15) is 16.7 Å². The lowest BCUT2D eigenvalue weighted by Crippen LogP contribution is -2.13. The minimum Gasteiger partial charge on any atom is -0.301 e. The highest BCUT2D eigenvalue weighted by atomic mass is 32.2. The number of hydrogen-bond acceptors (Lipinski definition) is 6. The van der Waals surface area contributed by atoms with Gasteiger partial charge in [0.25, 0.3) is 0 Å². The number of aryl methyl sites for hydroxylation is 3. The van der Waals surface area contributed by atoms with Gasteiger partial charge in [0.15, 0.2) is 5.13 Å². The van der Waals surface area contributed by atoms with Crippen LogP contribution in [-0.2, 0) is 4.79 Å². The minimum atomic E-state index is -0.107. The van der Waals surface area contributed by atoms with Crippen molar-refractivity contribution in [3.63, 3.8) is 0 Å². The van der Waals surface area contributed by atoms with E-state index in [2.05, 4.69) is 53.4 Å². The number of rotatable bonds is 5. The molecule has 0 spiro atoms. The second kappa shape index (κ2) is 8.31. The maximum Gasteiger partial charge on any atom is 0.236 e. The number of fused-ring (bicyclic) bond motifs is 1. The van der Waals surface area contributed by atoms with E-state index in [1.165, 1.54) is 39.8 Å². The number of amides is 1. The highest BCUT2D eigenvalue weighted by Gasteiger charge is 2.10. The van der Waals surface area contributed by atoms with Gasteiger partial charge in [0.05, 0.1) is 21.7 Å². The van der Waals surface area contributed by atoms with Gasteiger partial charge in [0, 0.05) is 5.56 Å². The Balaban J connectivity index is 1.39. The van der Waals surface area contributed by atoms with Crippen LogP contribution in [0.4, 0.5) is 5.13 Å². The molecule has 0 radical (unpaired) electrons. The van der Waals surface area contributed by atoms with Crippen LogP contribution in [0.2, 0.25) is 0 Å². The van der Waals surface area contributed by atoms with Crippen LogP contribution in [0.25, 0.3) is 21.5 Å². The zero-order valence-electron chi connectivity index (χ0n) is 16.4. The first-order valence-electron chi connectivity index (χ1n) is 9.20. The molecular formula is C22H20N4OS2. The molecule has 0 aliphatic heterocycles. The van der Waals surface area contributed by atoms with Gasteiger partial charge in [-0.25, -0.2) is 4.98 Å². The van der Waals surface area contributed by atoms with Crippen molar-refractivity contribution in [3.8, 4) is 11.3 Å². The molecule has 0 unspecified atom stereocenters. The van der Waals surface area contributed by atoms with Gasteiger partial charge in [-0.05, 0) is 67.8 Å². The number of benzene rings is 2. The third-order valence-corrected chi connectivity index (χ3v) is 6.52. The molecule has 2 aromatic carbocycles. The maximum absolute atomic E-state index is 12.3. The van der Waals surface area contributed by atoms with Crippen molar-refractivity contribution in [1.82, 2.24) is 15.2 Å². The zero-order valence-corrected chi connectivity index (χ0v) is 18.0. The molecular weight excluding hydrogens is 400 g/mol. The van der Waals surface area contributed by atoms with Gasteiger partial charge >= 0.3 is 0 Å². The van der Waals surface area contributed by atoms with E-state index in [0.29, 0.717) is 5.13 Å². The molecule has 4 aromatic rings. The van der Waals surface area contributed by atoms with Crippen LogP contribution in [0.5, 0.6) is 0 Å². The molecule has 0 aliphatic rings. The monoisotopic (exact) mass is 420 g/mol. The van der Waals surface area contributed by atoms with Gasteiger partial charge in [-0.2, -0.15) is 0 Å². The van der Waals surface area contributed by atoms with Gasteiger partial charge in [-0.15, -0.1) is 10.2 Å². The molecule has 146 valence electrons. The van der Waals surface area contributed by atoms with Crippen LogP contribution in [0.15, 0.2) is 53.6 Å². The average molecular weight is 421 g/mol. The first-order valence-corrected chi connectivity index (χ1v) is 11.0. The summed E-state index contributed by atoms with van der Waals surface area (Å²) in [5.74, 6) is 0.150. The number of thioether (sulfide) groups is 1. The van der Waals surface area contributed by atoms with Crippen LogP contribution in [-0.4, -0.2) is 26.8 Å². The Kier molecular flexibility index (Phi) is 5.60. The van der Waals surface area contributed by atoms with Crippen molar-refractivity contribution in [2.45, 2.75) is 25.8 Å². The number of hydrogen-bond donors (Lipinski definition) is 1.